The smallest absolute Gasteiger partial charge is 0.0640 e. The van der Waals surface area contributed by atoms with Crippen molar-refractivity contribution in [1.29, 1.82) is 0 Å². The van der Waals surface area contributed by atoms with Gasteiger partial charge in [0.15, 0.2) is 0 Å². The highest BCUT2D eigenvalue weighted by atomic mass is 15.3. The molecule has 1 aromatic rings. The first-order valence-electron chi connectivity index (χ1n) is 8.97. The van der Waals surface area contributed by atoms with E-state index in [-0.39, 0.29) is 6.04 Å². The molecule has 0 aromatic carbocycles. The van der Waals surface area contributed by atoms with Gasteiger partial charge in [0.25, 0.3) is 0 Å². The maximum absolute atomic E-state index is 6.47. The van der Waals surface area contributed by atoms with Gasteiger partial charge in [-0.25, -0.2) is 0 Å². The average molecular weight is 291 g/mol. The standard InChI is InChI=1S/C18H33N3/c1-4-14-7-9-15(10-8-14)18(19)13-16-11-12-21(20-16)17(5-2)6-3/h11-12,14-15,17-18H,4-10,13,19H2,1-3H3. The molecule has 3 heteroatoms. The molecule has 0 bridgehead atoms. The Hall–Kier alpha value is -0.830. The van der Waals surface area contributed by atoms with Crippen LogP contribution in [0.1, 0.15) is 77.5 Å². The van der Waals surface area contributed by atoms with Gasteiger partial charge in [-0.3, -0.25) is 4.68 Å². The molecule has 3 nitrogen and oxygen atoms in total. The van der Waals surface area contributed by atoms with Gasteiger partial charge in [-0.1, -0.05) is 40.0 Å². The average Bonchev–Trinajstić information content (AvgIpc) is 2.97. The van der Waals surface area contributed by atoms with E-state index in [0.29, 0.717) is 12.0 Å². The summed E-state index contributed by atoms with van der Waals surface area (Å²) in [6.45, 7) is 6.77. The molecule has 2 rings (SSSR count). The summed E-state index contributed by atoms with van der Waals surface area (Å²) < 4.78 is 2.13. The van der Waals surface area contributed by atoms with Gasteiger partial charge in [0.1, 0.15) is 0 Å². The molecule has 1 unspecified atom stereocenters. The minimum absolute atomic E-state index is 0.285. The molecular formula is C18H33N3. The summed E-state index contributed by atoms with van der Waals surface area (Å²) in [4.78, 5) is 0. The highest BCUT2D eigenvalue weighted by molar-refractivity contribution is 5.03. The second kappa shape index (κ2) is 7.98. The maximum atomic E-state index is 6.47. The van der Waals surface area contributed by atoms with Crippen LogP contribution in [0, 0.1) is 11.8 Å². The van der Waals surface area contributed by atoms with Crippen molar-refractivity contribution in [3.8, 4) is 0 Å². The van der Waals surface area contributed by atoms with Gasteiger partial charge < -0.3 is 5.73 Å². The first kappa shape index (κ1) is 16.5. The van der Waals surface area contributed by atoms with E-state index in [1.165, 1.54) is 37.8 Å². The number of rotatable bonds is 7. The minimum Gasteiger partial charge on any atom is -0.327 e. The van der Waals surface area contributed by atoms with Gasteiger partial charge in [0.05, 0.1) is 11.7 Å². The Morgan fingerprint density at radius 1 is 1.19 bits per heavy atom. The fourth-order valence-corrected chi connectivity index (χ4v) is 3.79. The molecule has 1 saturated carbocycles. The molecule has 1 heterocycles. The van der Waals surface area contributed by atoms with Crippen LogP contribution in [0.15, 0.2) is 12.3 Å². The molecule has 21 heavy (non-hydrogen) atoms. The Morgan fingerprint density at radius 2 is 1.86 bits per heavy atom. The summed E-state index contributed by atoms with van der Waals surface area (Å²) in [7, 11) is 0. The van der Waals surface area contributed by atoms with Gasteiger partial charge in [0.2, 0.25) is 0 Å². The zero-order valence-electron chi connectivity index (χ0n) is 14.1. The zero-order valence-corrected chi connectivity index (χ0v) is 14.1. The van der Waals surface area contributed by atoms with Gasteiger partial charge in [-0.05, 0) is 43.6 Å². The summed E-state index contributed by atoms with van der Waals surface area (Å²) in [5.41, 5.74) is 7.64. The normalized spacial score (nSPS) is 24.4. The summed E-state index contributed by atoms with van der Waals surface area (Å²) in [5.74, 6) is 1.65. The van der Waals surface area contributed by atoms with Crippen molar-refractivity contribution < 1.29 is 0 Å². The van der Waals surface area contributed by atoms with Gasteiger partial charge in [-0.15, -0.1) is 0 Å². The molecule has 120 valence electrons. The van der Waals surface area contributed by atoms with Crippen molar-refractivity contribution in [2.45, 2.75) is 84.2 Å². The largest absolute Gasteiger partial charge is 0.327 e. The Bertz CT molecular complexity index is 400. The third-order valence-electron chi connectivity index (χ3n) is 5.50. The second-order valence-corrected chi connectivity index (χ2v) is 6.81. The van der Waals surface area contributed by atoms with Gasteiger partial charge >= 0.3 is 0 Å². The SMILES string of the molecule is CCC1CCC(C(N)Cc2ccn(C(CC)CC)n2)CC1. The van der Waals surface area contributed by atoms with E-state index >= 15 is 0 Å². The molecule has 1 aromatic heterocycles. The molecule has 0 aliphatic heterocycles. The molecule has 1 aliphatic rings. The zero-order chi connectivity index (χ0) is 15.2. The number of nitrogens with two attached hydrogens (primary N) is 1. The summed E-state index contributed by atoms with van der Waals surface area (Å²) >= 11 is 0. The van der Waals surface area contributed by atoms with Crippen LogP contribution in [0.25, 0.3) is 0 Å². The van der Waals surface area contributed by atoms with Crippen LogP contribution >= 0.6 is 0 Å². The number of aromatic nitrogens is 2. The van der Waals surface area contributed by atoms with Gasteiger partial charge in [-0.2, -0.15) is 5.10 Å². The van der Waals surface area contributed by atoms with Gasteiger partial charge in [0, 0.05) is 18.7 Å². The molecule has 0 amide bonds. The van der Waals surface area contributed by atoms with Crippen LogP contribution in [0.4, 0.5) is 0 Å². The fourth-order valence-electron chi connectivity index (χ4n) is 3.79. The van der Waals surface area contributed by atoms with Crippen LogP contribution < -0.4 is 5.73 Å². The predicted octanol–water partition coefficient (Wildman–Crippen LogP) is 4.33. The fraction of sp³-hybridized carbons (Fsp3) is 0.833. The van der Waals surface area contributed by atoms with Crippen molar-refractivity contribution in [3.05, 3.63) is 18.0 Å². The van der Waals surface area contributed by atoms with E-state index in [0.717, 1.165) is 25.2 Å². The highest BCUT2D eigenvalue weighted by Gasteiger charge is 2.25. The lowest BCUT2D eigenvalue weighted by atomic mass is 9.77. The van der Waals surface area contributed by atoms with Crippen LogP contribution in [0.2, 0.25) is 0 Å². The molecule has 0 saturated heterocycles. The van der Waals surface area contributed by atoms with Crippen LogP contribution in [-0.4, -0.2) is 15.8 Å². The Kier molecular flexibility index (Phi) is 6.28. The summed E-state index contributed by atoms with van der Waals surface area (Å²) in [6.07, 6.45) is 12.1. The highest BCUT2D eigenvalue weighted by Crippen LogP contribution is 2.32. The minimum atomic E-state index is 0.285. The third kappa shape index (κ3) is 4.32. The molecule has 0 radical (unpaired) electrons. The Labute approximate surface area is 130 Å². The molecule has 1 fully saturated rings. The Morgan fingerprint density at radius 3 is 2.43 bits per heavy atom. The lowest BCUT2D eigenvalue weighted by molar-refractivity contribution is 0.237. The summed E-state index contributed by atoms with van der Waals surface area (Å²) in [6, 6.07) is 2.98. The van der Waals surface area contributed by atoms with E-state index in [1.54, 1.807) is 0 Å². The molecule has 0 spiro atoms. The number of hydrogen-bond donors (Lipinski definition) is 1. The molecule has 2 N–H and O–H groups in total. The maximum Gasteiger partial charge on any atom is 0.0640 e. The Balaban J connectivity index is 1.87. The van der Waals surface area contributed by atoms with Crippen molar-refractivity contribution in [2.75, 3.05) is 0 Å². The quantitative estimate of drug-likeness (QED) is 0.812. The van der Waals surface area contributed by atoms with E-state index in [2.05, 4.69) is 37.7 Å². The van der Waals surface area contributed by atoms with Crippen LogP contribution in [-0.2, 0) is 6.42 Å². The van der Waals surface area contributed by atoms with Crippen molar-refractivity contribution in [3.63, 3.8) is 0 Å². The first-order chi connectivity index (χ1) is 10.2. The topological polar surface area (TPSA) is 43.8 Å². The van der Waals surface area contributed by atoms with E-state index in [1.807, 2.05) is 0 Å². The second-order valence-electron chi connectivity index (χ2n) is 6.81. The van der Waals surface area contributed by atoms with E-state index < -0.39 is 0 Å². The first-order valence-corrected chi connectivity index (χ1v) is 8.97. The number of hydrogen-bond acceptors (Lipinski definition) is 2. The predicted molar refractivity (Wildman–Crippen MR) is 89.3 cm³/mol. The van der Waals surface area contributed by atoms with Crippen molar-refractivity contribution >= 4 is 0 Å². The van der Waals surface area contributed by atoms with Crippen molar-refractivity contribution in [1.82, 2.24) is 9.78 Å². The molecular weight excluding hydrogens is 258 g/mol. The third-order valence-corrected chi connectivity index (χ3v) is 5.50. The summed E-state index contributed by atoms with van der Waals surface area (Å²) in [5, 5.41) is 4.75. The molecule has 1 atom stereocenters. The lowest BCUT2D eigenvalue weighted by Gasteiger charge is -2.31. The van der Waals surface area contributed by atoms with Crippen molar-refractivity contribution in [2.24, 2.45) is 17.6 Å². The monoisotopic (exact) mass is 291 g/mol. The number of nitrogens with zero attached hydrogens (tertiary/aromatic N) is 2. The van der Waals surface area contributed by atoms with Crippen LogP contribution in [0.5, 0.6) is 0 Å². The van der Waals surface area contributed by atoms with E-state index in [4.69, 9.17) is 10.8 Å². The lowest BCUT2D eigenvalue weighted by Crippen LogP contribution is -2.35. The molecule has 1 aliphatic carbocycles. The van der Waals surface area contributed by atoms with E-state index in [9.17, 15) is 0 Å². The van der Waals surface area contributed by atoms with Crippen LogP contribution in [0.3, 0.4) is 0 Å².